The summed E-state index contributed by atoms with van der Waals surface area (Å²) in [5.74, 6) is -0.238. The number of ether oxygens (including phenoxy) is 1. The average molecular weight is 303 g/mol. The molecule has 0 saturated heterocycles. The maximum Gasteiger partial charge on any atom is 0.305 e. The van der Waals surface area contributed by atoms with Gasteiger partial charge in [-0.15, -0.1) is 0 Å². The highest BCUT2D eigenvalue weighted by atomic mass is 16.5. The molecule has 0 saturated carbocycles. The Morgan fingerprint density at radius 3 is 2.64 bits per heavy atom. The van der Waals surface area contributed by atoms with Crippen LogP contribution < -0.4 is 5.32 Å². The first-order valence-electron chi connectivity index (χ1n) is 7.86. The molecule has 4 heteroatoms. The summed E-state index contributed by atoms with van der Waals surface area (Å²) in [7, 11) is 0. The zero-order chi connectivity index (χ0) is 16.0. The molecule has 0 fully saturated rings. The van der Waals surface area contributed by atoms with E-state index in [2.05, 4.69) is 29.6 Å². The lowest BCUT2D eigenvalue weighted by Crippen LogP contribution is -2.24. The molecule has 0 atom stereocenters. The largest absolute Gasteiger partial charge is 0.466 e. The van der Waals surface area contributed by atoms with Crippen LogP contribution >= 0.6 is 0 Å². The molecule has 1 rings (SSSR count). The van der Waals surface area contributed by atoms with Crippen LogP contribution in [-0.2, 0) is 14.3 Å². The summed E-state index contributed by atoms with van der Waals surface area (Å²) >= 11 is 0. The summed E-state index contributed by atoms with van der Waals surface area (Å²) in [5.41, 5.74) is 1.19. The Morgan fingerprint density at radius 1 is 1.14 bits per heavy atom. The number of allylic oxidation sites excluding steroid dienone is 1. The van der Waals surface area contributed by atoms with E-state index in [1.54, 1.807) is 6.92 Å². The molecular formula is C18H25NO3. The molecule has 1 N–H and O–H groups in total. The van der Waals surface area contributed by atoms with E-state index in [1.165, 1.54) is 5.56 Å². The van der Waals surface area contributed by atoms with Gasteiger partial charge in [-0.25, -0.2) is 0 Å². The Balaban J connectivity index is 2.01. The molecule has 0 heterocycles. The van der Waals surface area contributed by atoms with Gasteiger partial charge >= 0.3 is 5.97 Å². The second kappa shape index (κ2) is 11.5. The highest BCUT2D eigenvalue weighted by Crippen LogP contribution is 2.03. The zero-order valence-electron chi connectivity index (χ0n) is 13.2. The van der Waals surface area contributed by atoms with E-state index < -0.39 is 0 Å². The standard InChI is InChI=1S/C18H25NO3/c1-2-22-18(21)14-9-13-17(20)19-15-8-4-7-12-16-10-5-3-6-11-16/h3,5-7,10-12H,2,4,8-9,13-15H2,1H3,(H,19,20)/b12-7-. The second-order valence-corrected chi connectivity index (χ2v) is 4.96. The predicted octanol–water partition coefficient (Wildman–Crippen LogP) is 3.33. The first-order valence-corrected chi connectivity index (χ1v) is 7.86. The Morgan fingerprint density at radius 2 is 1.91 bits per heavy atom. The number of amides is 1. The topological polar surface area (TPSA) is 55.4 Å². The van der Waals surface area contributed by atoms with Crippen molar-refractivity contribution < 1.29 is 14.3 Å². The minimum absolute atomic E-state index is 0.00339. The van der Waals surface area contributed by atoms with Crippen LogP contribution in [0.3, 0.4) is 0 Å². The van der Waals surface area contributed by atoms with Crippen LogP contribution in [0, 0.1) is 0 Å². The second-order valence-electron chi connectivity index (χ2n) is 4.96. The van der Waals surface area contributed by atoms with E-state index in [1.807, 2.05) is 18.2 Å². The highest BCUT2D eigenvalue weighted by Gasteiger charge is 2.04. The first-order chi connectivity index (χ1) is 10.7. The van der Waals surface area contributed by atoms with Crippen molar-refractivity contribution in [1.82, 2.24) is 5.32 Å². The third kappa shape index (κ3) is 8.95. The van der Waals surface area contributed by atoms with Gasteiger partial charge in [-0.3, -0.25) is 9.59 Å². The quantitative estimate of drug-likeness (QED) is 0.533. The lowest BCUT2D eigenvalue weighted by Gasteiger charge is -2.04. The fourth-order valence-electron chi connectivity index (χ4n) is 1.95. The van der Waals surface area contributed by atoms with Gasteiger partial charge in [0, 0.05) is 19.4 Å². The minimum atomic E-state index is -0.235. The molecule has 4 nitrogen and oxygen atoms in total. The summed E-state index contributed by atoms with van der Waals surface area (Å²) in [6, 6.07) is 10.1. The minimum Gasteiger partial charge on any atom is -0.466 e. The molecule has 0 radical (unpaired) electrons. The zero-order valence-corrected chi connectivity index (χ0v) is 13.2. The summed E-state index contributed by atoms with van der Waals surface area (Å²) in [6.07, 6.45) is 7.26. The fourth-order valence-corrected chi connectivity index (χ4v) is 1.95. The van der Waals surface area contributed by atoms with Crippen molar-refractivity contribution in [1.29, 1.82) is 0 Å². The van der Waals surface area contributed by atoms with Gasteiger partial charge in [0.05, 0.1) is 6.61 Å². The number of hydrogen-bond donors (Lipinski definition) is 1. The highest BCUT2D eigenvalue weighted by molar-refractivity contribution is 5.76. The lowest BCUT2D eigenvalue weighted by molar-refractivity contribution is -0.143. The van der Waals surface area contributed by atoms with E-state index in [4.69, 9.17) is 4.74 Å². The summed E-state index contributed by atoms with van der Waals surface area (Å²) in [6.45, 7) is 2.83. The summed E-state index contributed by atoms with van der Waals surface area (Å²) in [4.78, 5) is 22.7. The van der Waals surface area contributed by atoms with E-state index in [-0.39, 0.29) is 11.9 Å². The van der Waals surface area contributed by atoms with E-state index in [0.717, 1.165) is 12.8 Å². The van der Waals surface area contributed by atoms with Gasteiger partial charge in [-0.1, -0.05) is 42.5 Å². The molecule has 1 aromatic carbocycles. The average Bonchev–Trinajstić information content (AvgIpc) is 2.52. The molecule has 0 spiro atoms. The van der Waals surface area contributed by atoms with Gasteiger partial charge in [0.25, 0.3) is 0 Å². The van der Waals surface area contributed by atoms with Crippen molar-refractivity contribution in [3.63, 3.8) is 0 Å². The molecule has 0 aliphatic heterocycles. The van der Waals surface area contributed by atoms with Gasteiger partial charge in [-0.2, -0.15) is 0 Å². The number of carbonyl (C=O) groups is 2. The third-order valence-corrected chi connectivity index (χ3v) is 3.07. The van der Waals surface area contributed by atoms with E-state index in [9.17, 15) is 9.59 Å². The van der Waals surface area contributed by atoms with Crippen LogP contribution in [0.2, 0.25) is 0 Å². The number of benzene rings is 1. The molecule has 0 aromatic heterocycles. The maximum absolute atomic E-state index is 11.6. The number of rotatable bonds is 10. The van der Waals surface area contributed by atoms with Crippen molar-refractivity contribution in [2.75, 3.05) is 13.2 Å². The molecule has 1 aromatic rings. The van der Waals surface area contributed by atoms with Gasteiger partial charge in [-0.05, 0) is 31.7 Å². The lowest BCUT2D eigenvalue weighted by atomic mass is 10.2. The molecule has 1 amide bonds. The molecule has 0 bridgehead atoms. The summed E-state index contributed by atoms with van der Waals surface area (Å²) in [5, 5.41) is 2.86. The van der Waals surface area contributed by atoms with Gasteiger partial charge < -0.3 is 10.1 Å². The van der Waals surface area contributed by atoms with Crippen molar-refractivity contribution >= 4 is 18.0 Å². The van der Waals surface area contributed by atoms with Gasteiger partial charge in [0.15, 0.2) is 0 Å². The smallest absolute Gasteiger partial charge is 0.305 e. The molecule has 0 aliphatic rings. The Bertz CT molecular complexity index is 468. The molecule has 0 aliphatic carbocycles. The number of hydrogen-bond acceptors (Lipinski definition) is 3. The van der Waals surface area contributed by atoms with Crippen LogP contribution in [0.15, 0.2) is 36.4 Å². The molecular weight excluding hydrogens is 278 g/mol. The maximum atomic E-state index is 11.6. The third-order valence-electron chi connectivity index (χ3n) is 3.07. The monoisotopic (exact) mass is 303 g/mol. The van der Waals surface area contributed by atoms with Crippen LogP contribution in [0.1, 0.15) is 44.6 Å². The van der Waals surface area contributed by atoms with Crippen LogP contribution in [0.5, 0.6) is 0 Å². The Labute approximate surface area is 132 Å². The van der Waals surface area contributed by atoms with Gasteiger partial charge in [0.2, 0.25) is 5.91 Å². The predicted molar refractivity (Wildman–Crippen MR) is 88.2 cm³/mol. The van der Waals surface area contributed by atoms with Crippen molar-refractivity contribution in [2.45, 2.75) is 39.0 Å². The SMILES string of the molecule is CCOC(=O)CCCC(=O)NCCC/C=C\c1ccccc1. The molecule has 120 valence electrons. The first kappa shape index (κ1) is 18.0. The molecule has 22 heavy (non-hydrogen) atoms. The fraction of sp³-hybridized carbons (Fsp3) is 0.444. The van der Waals surface area contributed by atoms with Crippen LogP contribution in [0.4, 0.5) is 0 Å². The Kier molecular flexibility index (Phi) is 9.42. The number of carbonyl (C=O) groups excluding carboxylic acids is 2. The Hall–Kier alpha value is -2.10. The van der Waals surface area contributed by atoms with Crippen LogP contribution in [-0.4, -0.2) is 25.0 Å². The number of unbranched alkanes of at least 4 members (excludes halogenated alkanes) is 1. The normalized spacial score (nSPS) is 10.6. The van der Waals surface area contributed by atoms with Crippen LogP contribution in [0.25, 0.3) is 6.08 Å². The van der Waals surface area contributed by atoms with E-state index >= 15 is 0 Å². The number of nitrogens with one attached hydrogen (secondary N) is 1. The van der Waals surface area contributed by atoms with Crippen molar-refractivity contribution in [3.8, 4) is 0 Å². The van der Waals surface area contributed by atoms with Crippen molar-refractivity contribution in [3.05, 3.63) is 42.0 Å². The van der Waals surface area contributed by atoms with E-state index in [0.29, 0.717) is 32.4 Å². The summed E-state index contributed by atoms with van der Waals surface area (Å²) < 4.78 is 4.81. The van der Waals surface area contributed by atoms with Crippen molar-refractivity contribution in [2.24, 2.45) is 0 Å². The number of esters is 1. The molecule has 0 unspecified atom stereocenters. The van der Waals surface area contributed by atoms with Gasteiger partial charge in [0.1, 0.15) is 0 Å².